The second-order valence-corrected chi connectivity index (χ2v) is 9.35. The predicted molar refractivity (Wildman–Crippen MR) is 102 cm³/mol. The van der Waals surface area contributed by atoms with Crippen LogP contribution in [0, 0.1) is 17.8 Å². The SMILES string of the molecule is C[C@@H]1[C@H]2C[C@@H]3N(CC[C@@]45OCCO[C@@]34Nc3ccccc35)C[C@@H]2CC[C@@H]1O. The summed E-state index contributed by atoms with van der Waals surface area (Å²) in [4.78, 5) is 2.66. The molecule has 4 fully saturated rings. The maximum absolute atomic E-state index is 10.5. The fourth-order valence-corrected chi connectivity index (χ4v) is 7.06. The molecule has 1 aliphatic carbocycles. The fourth-order valence-electron chi connectivity index (χ4n) is 7.06. The molecule has 7 atom stereocenters. The zero-order valence-electron chi connectivity index (χ0n) is 16.1. The van der Waals surface area contributed by atoms with Crippen molar-refractivity contribution in [1.82, 2.24) is 4.90 Å². The Morgan fingerprint density at radius 2 is 2.04 bits per heavy atom. The Labute approximate surface area is 161 Å². The number of para-hydroxylation sites is 1. The molecule has 2 N–H and O–H groups in total. The number of hydrogen-bond donors (Lipinski definition) is 2. The monoisotopic (exact) mass is 370 g/mol. The van der Waals surface area contributed by atoms with Crippen LogP contribution in [0.15, 0.2) is 24.3 Å². The van der Waals surface area contributed by atoms with E-state index in [4.69, 9.17) is 9.47 Å². The molecule has 5 nitrogen and oxygen atoms in total. The predicted octanol–water partition coefficient (Wildman–Crippen LogP) is 2.55. The summed E-state index contributed by atoms with van der Waals surface area (Å²) in [6.45, 7) is 5.74. The Kier molecular flexibility index (Phi) is 3.54. The van der Waals surface area contributed by atoms with Gasteiger partial charge in [-0.1, -0.05) is 25.1 Å². The molecule has 4 heterocycles. The number of aliphatic hydroxyl groups excluding tert-OH is 1. The zero-order valence-corrected chi connectivity index (χ0v) is 16.1. The van der Waals surface area contributed by atoms with Crippen LogP contribution in [0.3, 0.4) is 0 Å². The number of anilines is 1. The van der Waals surface area contributed by atoms with Gasteiger partial charge in [0.05, 0.1) is 25.4 Å². The molecule has 0 radical (unpaired) electrons. The first-order chi connectivity index (χ1) is 13.1. The number of rotatable bonds is 0. The van der Waals surface area contributed by atoms with Gasteiger partial charge < -0.3 is 19.9 Å². The van der Waals surface area contributed by atoms with Crippen molar-refractivity contribution in [3.63, 3.8) is 0 Å². The summed E-state index contributed by atoms with van der Waals surface area (Å²) in [5, 5.41) is 14.3. The van der Waals surface area contributed by atoms with E-state index in [0.29, 0.717) is 31.0 Å². The number of hydrogen-bond acceptors (Lipinski definition) is 5. The van der Waals surface area contributed by atoms with Gasteiger partial charge in [-0.25, -0.2) is 0 Å². The number of fused-ring (bicyclic) bond motifs is 3. The molecule has 0 amide bonds. The van der Waals surface area contributed by atoms with Crippen molar-refractivity contribution in [3.8, 4) is 0 Å². The molecule has 0 bridgehead atoms. The number of ether oxygens (including phenoxy) is 2. The van der Waals surface area contributed by atoms with E-state index in [-0.39, 0.29) is 17.7 Å². The minimum absolute atomic E-state index is 0.152. The minimum Gasteiger partial charge on any atom is -0.393 e. The van der Waals surface area contributed by atoms with E-state index in [9.17, 15) is 5.11 Å². The van der Waals surface area contributed by atoms with Gasteiger partial charge >= 0.3 is 0 Å². The van der Waals surface area contributed by atoms with E-state index in [2.05, 4.69) is 41.4 Å². The largest absolute Gasteiger partial charge is 0.393 e. The molecule has 1 aromatic carbocycles. The van der Waals surface area contributed by atoms with Gasteiger partial charge in [0.2, 0.25) is 0 Å². The lowest BCUT2D eigenvalue weighted by molar-refractivity contribution is -0.300. The van der Waals surface area contributed by atoms with E-state index < -0.39 is 5.72 Å². The molecule has 146 valence electrons. The highest BCUT2D eigenvalue weighted by Gasteiger charge is 2.69. The molecule has 0 aromatic heterocycles. The first kappa shape index (κ1) is 16.8. The smallest absolute Gasteiger partial charge is 0.188 e. The third kappa shape index (κ3) is 2.04. The van der Waals surface area contributed by atoms with Crippen LogP contribution in [0.5, 0.6) is 0 Å². The number of nitrogens with one attached hydrogen (secondary N) is 1. The van der Waals surface area contributed by atoms with Gasteiger partial charge in [-0.2, -0.15) is 0 Å². The summed E-state index contributed by atoms with van der Waals surface area (Å²) in [5.41, 5.74) is 1.55. The van der Waals surface area contributed by atoms with Gasteiger partial charge in [0, 0.05) is 24.3 Å². The topological polar surface area (TPSA) is 54.0 Å². The molecule has 27 heavy (non-hydrogen) atoms. The number of nitrogens with zero attached hydrogens (tertiary/aromatic N) is 1. The van der Waals surface area contributed by atoms with Crippen LogP contribution in [0.25, 0.3) is 0 Å². The molecule has 5 aliphatic rings. The zero-order chi connectivity index (χ0) is 18.2. The highest BCUT2D eigenvalue weighted by Crippen LogP contribution is 2.60. The fraction of sp³-hybridized carbons (Fsp3) is 0.727. The van der Waals surface area contributed by atoms with Crippen molar-refractivity contribution >= 4 is 5.69 Å². The van der Waals surface area contributed by atoms with Crippen molar-refractivity contribution in [1.29, 1.82) is 0 Å². The second-order valence-electron chi connectivity index (χ2n) is 9.35. The van der Waals surface area contributed by atoms with E-state index >= 15 is 0 Å². The number of benzene rings is 1. The molecule has 0 spiro atoms. The summed E-state index contributed by atoms with van der Waals surface area (Å²) in [6.07, 6.45) is 4.01. The molecule has 6 rings (SSSR count). The van der Waals surface area contributed by atoms with E-state index in [0.717, 1.165) is 38.8 Å². The maximum Gasteiger partial charge on any atom is 0.188 e. The molecular formula is C22H30N2O3. The third-order valence-electron chi connectivity index (χ3n) is 8.39. The lowest BCUT2D eigenvalue weighted by Crippen LogP contribution is -2.75. The summed E-state index contributed by atoms with van der Waals surface area (Å²) in [7, 11) is 0. The second kappa shape index (κ2) is 5.69. The van der Waals surface area contributed by atoms with Gasteiger partial charge in [0.15, 0.2) is 5.72 Å². The van der Waals surface area contributed by atoms with Gasteiger partial charge in [-0.3, -0.25) is 4.90 Å². The van der Waals surface area contributed by atoms with Crippen molar-refractivity contribution in [3.05, 3.63) is 29.8 Å². The average molecular weight is 370 g/mol. The lowest BCUT2D eigenvalue weighted by atomic mass is 9.62. The van der Waals surface area contributed by atoms with E-state index in [1.807, 2.05) is 0 Å². The molecule has 4 aliphatic heterocycles. The van der Waals surface area contributed by atoms with Gasteiger partial charge in [0.25, 0.3) is 0 Å². The minimum atomic E-state index is -0.500. The van der Waals surface area contributed by atoms with Crippen LogP contribution in [0.1, 0.15) is 38.2 Å². The highest BCUT2D eigenvalue weighted by molar-refractivity contribution is 5.64. The molecule has 1 aromatic rings. The molecule has 3 saturated heterocycles. The van der Waals surface area contributed by atoms with Crippen LogP contribution in [-0.4, -0.2) is 54.2 Å². The van der Waals surface area contributed by atoms with Crippen LogP contribution in [0.4, 0.5) is 5.69 Å². The summed E-state index contributed by atoms with van der Waals surface area (Å²) < 4.78 is 13.2. The molecular weight excluding hydrogens is 340 g/mol. The van der Waals surface area contributed by atoms with E-state index in [1.54, 1.807) is 0 Å². The van der Waals surface area contributed by atoms with Crippen molar-refractivity contribution < 1.29 is 14.6 Å². The van der Waals surface area contributed by atoms with Gasteiger partial charge in [-0.05, 0) is 49.5 Å². The lowest BCUT2D eigenvalue weighted by Gasteiger charge is -2.62. The van der Waals surface area contributed by atoms with Crippen molar-refractivity contribution in [2.24, 2.45) is 17.8 Å². The molecule has 1 saturated carbocycles. The maximum atomic E-state index is 10.5. The Bertz CT molecular complexity index is 757. The van der Waals surface area contributed by atoms with Crippen LogP contribution in [0.2, 0.25) is 0 Å². The Hall–Kier alpha value is -1.14. The van der Waals surface area contributed by atoms with Crippen molar-refractivity contribution in [2.45, 2.75) is 56.1 Å². The summed E-state index contributed by atoms with van der Waals surface area (Å²) in [6, 6.07) is 8.88. The highest BCUT2D eigenvalue weighted by atomic mass is 16.6. The third-order valence-corrected chi connectivity index (χ3v) is 8.39. The molecule has 0 unspecified atom stereocenters. The Morgan fingerprint density at radius 3 is 2.96 bits per heavy atom. The Morgan fingerprint density at radius 1 is 1.19 bits per heavy atom. The number of piperidine rings is 2. The van der Waals surface area contributed by atoms with Gasteiger partial charge in [-0.15, -0.1) is 0 Å². The van der Waals surface area contributed by atoms with Crippen molar-refractivity contribution in [2.75, 3.05) is 31.6 Å². The number of aliphatic hydroxyl groups is 1. The average Bonchev–Trinajstić information content (AvgIpc) is 3.01. The van der Waals surface area contributed by atoms with Crippen LogP contribution in [-0.2, 0) is 15.1 Å². The van der Waals surface area contributed by atoms with Crippen LogP contribution < -0.4 is 5.32 Å². The van der Waals surface area contributed by atoms with Crippen LogP contribution >= 0.6 is 0 Å². The van der Waals surface area contributed by atoms with Gasteiger partial charge in [0.1, 0.15) is 5.60 Å². The summed E-state index contributed by atoms with van der Waals surface area (Å²) >= 11 is 0. The quantitative estimate of drug-likeness (QED) is 0.735. The van der Waals surface area contributed by atoms with E-state index in [1.165, 1.54) is 11.3 Å². The standard InChI is InChI=1S/C22H30N2O3/c1-14-16-12-20-22-21(26-10-11-27-22,17-4-2-3-5-18(17)23-22)8-9-24(20)13-15(16)6-7-19(14)25/h2-5,14-16,19-20,23,25H,6-13H2,1H3/t14-,15+,16-,19+,20+,21+,22+/m1/s1. The molecule has 5 heteroatoms. The summed E-state index contributed by atoms with van der Waals surface area (Å²) in [5.74, 6) is 1.64. The Balaban J connectivity index is 1.43. The first-order valence-electron chi connectivity index (χ1n) is 10.7. The first-order valence-corrected chi connectivity index (χ1v) is 10.7. The normalized spacial score (nSPS) is 48.4.